The second-order valence-corrected chi connectivity index (χ2v) is 11.7. The van der Waals surface area contributed by atoms with Gasteiger partial charge in [0, 0.05) is 21.5 Å². The highest BCUT2D eigenvalue weighted by Crippen LogP contribution is 2.45. The van der Waals surface area contributed by atoms with Crippen LogP contribution in [0.15, 0.2) is 154 Å². The van der Waals surface area contributed by atoms with Gasteiger partial charge in [0.25, 0.3) is 0 Å². The summed E-state index contributed by atoms with van der Waals surface area (Å²) in [4.78, 5) is 0. The minimum Gasteiger partial charge on any atom is -0.456 e. The number of hydrogen-bond donors (Lipinski definition) is 0. The summed E-state index contributed by atoms with van der Waals surface area (Å²) in [5, 5.41) is 11.9. The van der Waals surface area contributed by atoms with E-state index in [9.17, 15) is 0 Å². The number of rotatable bonds is 2. The number of benzene rings is 8. The van der Waals surface area contributed by atoms with Gasteiger partial charge in [0.05, 0.1) is 0 Å². The Morgan fingerprint density at radius 2 is 0.727 bits per heavy atom. The highest BCUT2D eigenvalue weighted by Gasteiger charge is 2.19. The molecule has 10 rings (SSSR count). The van der Waals surface area contributed by atoms with Crippen LogP contribution in [0.25, 0.3) is 98.4 Å². The smallest absolute Gasteiger partial charge is 0.136 e. The Morgan fingerprint density at radius 1 is 0.273 bits per heavy atom. The summed E-state index contributed by atoms with van der Waals surface area (Å²) in [6, 6.07) is 52.0. The molecule has 44 heavy (non-hydrogen) atoms. The standard InChI is InChI=1S/C42H24O2/c1-2-10-26-23-40-36(21-25(26)9-1)35-22-27(18-20-38(35)44-40)41-31-12-3-5-14-33(31)42(34-15-6-4-13-32(34)41)28-17-19-30-29-11-7-8-16-37(29)43-39(30)24-28/h1-24H. The maximum absolute atomic E-state index is 6.35. The zero-order valence-electron chi connectivity index (χ0n) is 23.7. The first-order chi connectivity index (χ1) is 21.8. The molecule has 204 valence electrons. The lowest BCUT2D eigenvalue weighted by Crippen LogP contribution is -1.90. The Kier molecular flexibility index (Phi) is 4.75. The molecular weight excluding hydrogens is 536 g/mol. The zero-order valence-corrected chi connectivity index (χ0v) is 23.7. The lowest BCUT2D eigenvalue weighted by Gasteiger charge is -2.17. The van der Waals surface area contributed by atoms with E-state index in [1.165, 1.54) is 49.0 Å². The van der Waals surface area contributed by atoms with Crippen molar-refractivity contribution in [1.82, 2.24) is 0 Å². The first-order valence-corrected chi connectivity index (χ1v) is 15.0. The lowest BCUT2D eigenvalue weighted by molar-refractivity contribution is 0.669. The fourth-order valence-electron chi connectivity index (χ4n) is 7.25. The minimum absolute atomic E-state index is 0.906. The van der Waals surface area contributed by atoms with Crippen molar-refractivity contribution in [1.29, 1.82) is 0 Å². The monoisotopic (exact) mass is 560 g/mol. The van der Waals surface area contributed by atoms with Crippen LogP contribution in [0.1, 0.15) is 0 Å². The predicted molar refractivity (Wildman–Crippen MR) is 184 cm³/mol. The van der Waals surface area contributed by atoms with Gasteiger partial charge in [-0.1, -0.05) is 103 Å². The van der Waals surface area contributed by atoms with E-state index in [1.54, 1.807) is 0 Å². The molecule has 0 aliphatic rings. The van der Waals surface area contributed by atoms with Gasteiger partial charge in [-0.15, -0.1) is 0 Å². The molecule has 0 spiro atoms. The molecule has 0 saturated heterocycles. The van der Waals surface area contributed by atoms with E-state index in [4.69, 9.17) is 8.83 Å². The van der Waals surface area contributed by atoms with Gasteiger partial charge in [0.15, 0.2) is 0 Å². The van der Waals surface area contributed by atoms with Gasteiger partial charge >= 0.3 is 0 Å². The van der Waals surface area contributed by atoms with Crippen molar-refractivity contribution in [3.63, 3.8) is 0 Å². The summed E-state index contributed by atoms with van der Waals surface area (Å²) in [6.45, 7) is 0. The van der Waals surface area contributed by atoms with Crippen LogP contribution in [-0.4, -0.2) is 0 Å². The molecule has 10 aromatic rings. The fraction of sp³-hybridized carbons (Fsp3) is 0. The van der Waals surface area contributed by atoms with Gasteiger partial charge in [-0.2, -0.15) is 0 Å². The van der Waals surface area contributed by atoms with Crippen LogP contribution in [0.5, 0.6) is 0 Å². The summed E-state index contributed by atoms with van der Waals surface area (Å²) in [6.07, 6.45) is 0. The molecule has 0 aliphatic carbocycles. The molecule has 0 atom stereocenters. The minimum atomic E-state index is 0.906. The Labute approximate surface area is 252 Å². The van der Waals surface area contributed by atoms with Gasteiger partial charge in [0.2, 0.25) is 0 Å². The Bertz CT molecular complexity index is 2720. The van der Waals surface area contributed by atoms with E-state index in [2.05, 4.69) is 133 Å². The average molecular weight is 561 g/mol. The molecule has 2 heterocycles. The summed E-state index contributed by atoms with van der Waals surface area (Å²) < 4.78 is 12.7. The first-order valence-electron chi connectivity index (χ1n) is 15.0. The van der Waals surface area contributed by atoms with Gasteiger partial charge in [-0.25, -0.2) is 0 Å². The molecule has 2 aromatic heterocycles. The molecule has 0 radical (unpaired) electrons. The van der Waals surface area contributed by atoms with Crippen LogP contribution in [0.3, 0.4) is 0 Å². The van der Waals surface area contributed by atoms with E-state index in [-0.39, 0.29) is 0 Å². The number of fused-ring (bicyclic) bond motifs is 9. The largest absolute Gasteiger partial charge is 0.456 e. The summed E-state index contributed by atoms with van der Waals surface area (Å²) in [5.74, 6) is 0. The van der Waals surface area contributed by atoms with Crippen LogP contribution in [0.4, 0.5) is 0 Å². The lowest BCUT2D eigenvalue weighted by atomic mass is 9.85. The molecule has 8 aromatic carbocycles. The second kappa shape index (κ2) is 8.82. The van der Waals surface area contributed by atoms with Crippen LogP contribution in [-0.2, 0) is 0 Å². The fourth-order valence-corrected chi connectivity index (χ4v) is 7.25. The summed E-state index contributed by atoms with van der Waals surface area (Å²) in [7, 11) is 0. The topological polar surface area (TPSA) is 26.3 Å². The normalized spacial score (nSPS) is 12.1. The van der Waals surface area contributed by atoms with Crippen LogP contribution in [0.2, 0.25) is 0 Å². The molecule has 0 fully saturated rings. The Balaban J connectivity index is 1.26. The highest BCUT2D eigenvalue weighted by molar-refractivity contribution is 6.23. The predicted octanol–water partition coefficient (Wildman–Crippen LogP) is 12.3. The van der Waals surface area contributed by atoms with Crippen LogP contribution >= 0.6 is 0 Å². The van der Waals surface area contributed by atoms with Crippen molar-refractivity contribution in [2.45, 2.75) is 0 Å². The zero-order chi connectivity index (χ0) is 28.8. The Hall–Kier alpha value is -5.86. The molecule has 0 aliphatic heterocycles. The van der Waals surface area contributed by atoms with Crippen LogP contribution in [0, 0.1) is 0 Å². The van der Waals surface area contributed by atoms with Crippen molar-refractivity contribution >= 4 is 76.2 Å². The summed E-state index contributed by atoms with van der Waals surface area (Å²) in [5.41, 5.74) is 8.44. The van der Waals surface area contributed by atoms with Gasteiger partial charge in [0.1, 0.15) is 22.3 Å². The molecule has 2 nitrogen and oxygen atoms in total. The first kappa shape index (κ1) is 23.7. The Morgan fingerprint density at radius 3 is 1.41 bits per heavy atom. The molecule has 0 unspecified atom stereocenters. The van der Waals surface area contributed by atoms with Crippen molar-refractivity contribution in [3.8, 4) is 22.3 Å². The van der Waals surface area contributed by atoms with Crippen molar-refractivity contribution in [3.05, 3.63) is 146 Å². The van der Waals surface area contributed by atoms with Crippen molar-refractivity contribution in [2.75, 3.05) is 0 Å². The highest BCUT2D eigenvalue weighted by atomic mass is 16.3. The average Bonchev–Trinajstić information content (AvgIpc) is 3.62. The van der Waals surface area contributed by atoms with E-state index in [0.717, 1.165) is 49.4 Å². The maximum Gasteiger partial charge on any atom is 0.136 e. The van der Waals surface area contributed by atoms with Crippen LogP contribution < -0.4 is 0 Å². The SMILES string of the molecule is c1ccc2cc3c(cc2c1)oc1ccc(-c2c4ccccc4c(-c4ccc5c(c4)oc4ccccc45)c4ccccc24)cc13. The van der Waals surface area contributed by atoms with E-state index >= 15 is 0 Å². The molecule has 0 saturated carbocycles. The number of furan rings is 2. The van der Waals surface area contributed by atoms with Gasteiger partial charge < -0.3 is 8.83 Å². The number of para-hydroxylation sites is 1. The molecular formula is C42H24O2. The van der Waals surface area contributed by atoms with Crippen molar-refractivity contribution < 1.29 is 8.83 Å². The second-order valence-electron chi connectivity index (χ2n) is 11.7. The van der Waals surface area contributed by atoms with Gasteiger partial charge in [-0.3, -0.25) is 0 Å². The molecule has 0 amide bonds. The maximum atomic E-state index is 6.35. The van der Waals surface area contributed by atoms with E-state index in [1.807, 2.05) is 12.1 Å². The molecule has 0 N–H and O–H groups in total. The third-order valence-electron chi connectivity index (χ3n) is 9.23. The third-order valence-corrected chi connectivity index (χ3v) is 9.23. The molecule has 2 heteroatoms. The quantitative estimate of drug-likeness (QED) is 0.197. The van der Waals surface area contributed by atoms with Gasteiger partial charge in [-0.05, 0) is 97.0 Å². The van der Waals surface area contributed by atoms with E-state index in [0.29, 0.717) is 0 Å². The van der Waals surface area contributed by atoms with Crippen molar-refractivity contribution in [2.24, 2.45) is 0 Å². The third kappa shape index (κ3) is 3.31. The number of hydrogen-bond acceptors (Lipinski definition) is 2. The molecule has 0 bridgehead atoms. The summed E-state index contributed by atoms with van der Waals surface area (Å²) >= 11 is 0. The van der Waals surface area contributed by atoms with E-state index < -0.39 is 0 Å².